The molecule has 1 aromatic rings. The molecule has 0 aromatic carbocycles. The Labute approximate surface area is 123 Å². The van der Waals surface area contributed by atoms with Gasteiger partial charge in [-0.1, -0.05) is 0 Å². The van der Waals surface area contributed by atoms with Crippen molar-refractivity contribution in [2.75, 3.05) is 12.3 Å². The number of nitrogens with zero attached hydrogens (tertiary/aromatic N) is 3. The van der Waals surface area contributed by atoms with Crippen molar-refractivity contribution in [2.45, 2.75) is 42.8 Å². The molecule has 1 saturated heterocycles. The van der Waals surface area contributed by atoms with Gasteiger partial charge in [-0.15, -0.1) is 0 Å². The van der Waals surface area contributed by atoms with E-state index < -0.39 is 16.1 Å². The van der Waals surface area contributed by atoms with Crippen LogP contribution < -0.4 is 11.1 Å². The van der Waals surface area contributed by atoms with Gasteiger partial charge in [0.2, 0.25) is 5.91 Å². The largest absolute Gasteiger partial charge is 0.381 e. The van der Waals surface area contributed by atoms with E-state index in [2.05, 4.69) is 10.3 Å². The minimum atomic E-state index is -3.82. The van der Waals surface area contributed by atoms with Crippen molar-refractivity contribution in [1.82, 2.24) is 19.2 Å². The highest BCUT2D eigenvalue weighted by molar-refractivity contribution is 7.89. The smallest absolute Gasteiger partial charge is 0.263 e. The summed E-state index contributed by atoms with van der Waals surface area (Å²) in [4.78, 5) is 16.0. The molecular weight excluding hydrogens is 294 g/mol. The molecule has 0 bridgehead atoms. The fourth-order valence-electron chi connectivity index (χ4n) is 2.68. The minimum Gasteiger partial charge on any atom is -0.381 e. The lowest BCUT2D eigenvalue weighted by molar-refractivity contribution is -0.124. The van der Waals surface area contributed by atoms with Crippen LogP contribution in [0.15, 0.2) is 11.4 Å². The molecule has 2 fully saturated rings. The number of nitrogen functional groups attached to an aromatic ring is 1. The number of hydrogen-bond donors (Lipinski definition) is 2. The number of rotatable bonds is 4. The lowest BCUT2D eigenvalue weighted by Gasteiger charge is -2.23. The first kappa shape index (κ1) is 14.3. The van der Waals surface area contributed by atoms with Gasteiger partial charge in [-0.25, -0.2) is 13.4 Å². The van der Waals surface area contributed by atoms with Crippen molar-refractivity contribution >= 4 is 21.7 Å². The van der Waals surface area contributed by atoms with Gasteiger partial charge in [0.15, 0.2) is 10.8 Å². The number of carbonyl (C=O) groups excluding carboxylic acids is 1. The van der Waals surface area contributed by atoms with Crippen LogP contribution in [-0.4, -0.2) is 46.8 Å². The summed E-state index contributed by atoms with van der Waals surface area (Å²) in [6, 6.07) is -0.436. The summed E-state index contributed by atoms with van der Waals surface area (Å²) in [6.45, 7) is 0.329. The average Bonchev–Trinajstić information content (AvgIpc) is 2.96. The summed E-state index contributed by atoms with van der Waals surface area (Å²) in [6.07, 6.45) is 4.51. The number of nitrogens with two attached hydrogens (primary N) is 1. The predicted octanol–water partition coefficient (Wildman–Crippen LogP) is -0.566. The summed E-state index contributed by atoms with van der Waals surface area (Å²) < 4.78 is 28.1. The van der Waals surface area contributed by atoms with Gasteiger partial charge >= 0.3 is 0 Å². The van der Waals surface area contributed by atoms with Gasteiger partial charge in [0.05, 0.1) is 6.33 Å². The van der Waals surface area contributed by atoms with Crippen LogP contribution in [0, 0.1) is 0 Å². The lowest BCUT2D eigenvalue weighted by Crippen LogP contribution is -2.46. The number of amides is 1. The quantitative estimate of drug-likeness (QED) is 0.774. The Bertz CT molecular complexity index is 645. The molecule has 1 aliphatic carbocycles. The van der Waals surface area contributed by atoms with Gasteiger partial charge in [-0.3, -0.25) is 4.79 Å². The van der Waals surface area contributed by atoms with E-state index >= 15 is 0 Å². The van der Waals surface area contributed by atoms with E-state index in [9.17, 15) is 13.2 Å². The van der Waals surface area contributed by atoms with Gasteiger partial charge in [0.1, 0.15) is 6.04 Å². The van der Waals surface area contributed by atoms with E-state index in [0.29, 0.717) is 19.4 Å². The van der Waals surface area contributed by atoms with Crippen molar-refractivity contribution in [3.8, 4) is 0 Å². The number of anilines is 1. The molecule has 3 rings (SSSR count). The van der Waals surface area contributed by atoms with Crippen LogP contribution >= 0.6 is 0 Å². The highest BCUT2D eigenvalue weighted by atomic mass is 32.2. The van der Waals surface area contributed by atoms with Gasteiger partial charge in [-0.2, -0.15) is 4.31 Å². The first-order valence-electron chi connectivity index (χ1n) is 7.00. The number of hydrogen-bond acceptors (Lipinski definition) is 5. The maximum atomic E-state index is 12.8. The number of aryl methyl sites for hydroxylation is 1. The van der Waals surface area contributed by atoms with Crippen molar-refractivity contribution in [3.63, 3.8) is 0 Å². The van der Waals surface area contributed by atoms with Crippen LogP contribution in [0.5, 0.6) is 0 Å². The van der Waals surface area contributed by atoms with E-state index in [1.54, 1.807) is 7.05 Å². The second-order valence-corrected chi connectivity index (χ2v) is 7.41. The molecule has 116 valence electrons. The predicted molar refractivity (Wildman–Crippen MR) is 75.7 cm³/mol. The Hall–Kier alpha value is -1.61. The Morgan fingerprint density at radius 3 is 2.71 bits per heavy atom. The fourth-order valence-corrected chi connectivity index (χ4v) is 4.53. The normalized spacial score (nSPS) is 23.4. The van der Waals surface area contributed by atoms with Crippen LogP contribution in [0.3, 0.4) is 0 Å². The molecule has 8 nitrogen and oxygen atoms in total. The van der Waals surface area contributed by atoms with Crippen LogP contribution in [0.25, 0.3) is 0 Å². The fraction of sp³-hybridized carbons (Fsp3) is 0.667. The number of sulfonamides is 1. The molecule has 0 spiro atoms. The highest BCUT2D eigenvalue weighted by Gasteiger charge is 2.42. The zero-order chi connectivity index (χ0) is 15.2. The number of aromatic nitrogens is 2. The molecule has 1 aliphatic heterocycles. The third-order valence-corrected chi connectivity index (χ3v) is 5.93. The van der Waals surface area contributed by atoms with E-state index in [1.807, 2.05) is 0 Å². The van der Waals surface area contributed by atoms with E-state index in [-0.39, 0.29) is 22.8 Å². The minimum absolute atomic E-state index is 0.0363. The molecule has 3 N–H and O–H groups in total. The molecule has 0 radical (unpaired) electrons. The van der Waals surface area contributed by atoms with Crippen LogP contribution in [0.2, 0.25) is 0 Å². The third kappa shape index (κ3) is 2.51. The first-order valence-corrected chi connectivity index (χ1v) is 8.44. The maximum Gasteiger partial charge on any atom is 0.263 e. The summed E-state index contributed by atoms with van der Waals surface area (Å²) in [7, 11) is -2.24. The monoisotopic (exact) mass is 313 g/mol. The Kier molecular flexibility index (Phi) is 3.40. The van der Waals surface area contributed by atoms with Gasteiger partial charge in [-0.05, 0) is 25.7 Å². The lowest BCUT2D eigenvalue weighted by atomic mass is 10.2. The van der Waals surface area contributed by atoms with Crippen LogP contribution in [0.1, 0.15) is 25.7 Å². The van der Waals surface area contributed by atoms with Crippen LogP contribution in [0.4, 0.5) is 5.82 Å². The standard InChI is InChI=1S/C12H19N5O3S/c1-16-7-14-10(13)12(16)21(19,20)17-6-2-3-9(17)11(18)15-8-4-5-8/h7-9H,2-6,13H2,1H3,(H,15,18). The molecule has 1 atom stereocenters. The Morgan fingerprint density at radius 1 is 1.43 bits per heavy atom. The van der Waals surface area contributed by atoms with Gasteiger partial charge < -0.3 is 15.6 Å². The van der Waals surface area contributed by atoms with E-state index in [4.69, 9.17) is 5.73 Å². The van der Waals surface area contributed by atoms with E-state index in [0.717, 1.165) is 12.8 Å². The molecule has 2 aliphatic rings. The topological polar surface area (TPSA) is 110 Å². The molecule has 1 aromatic heterocycles. The molecular formula is C12H19N5O3S. The van der Waals surface area contributed by atoms with E-state index in [1.165, 1.54) is 15.2 Å². The van der Waals surface area contributed by atoms with Crippen molar-refractivity contribution in [1.29, 1.82) is 0 Å². The SMILES string of the molecule is Cn1cnc(N)c1S(=O)(=O)N1CCCC1C(=O)NC1CC1. The van der Waals surface area contributed by atoms with Crippen LogP contribution in [-0.2, 0) is 21.9 Å². The molecule has 1 saturated carbocycles. The number of imidazole rings is 1. The number of nitrogens with one attached hydrogen (secondary N) is 1. The zero-order valence-corrected chi connectivity index (χ0v) is 12.6. The highest BCUT2D eigenvalue weighted by Crippen LogP contribution is 2.29. The van der Waals surface area contributed by atoms with Gasteiger partial charge in [0.25, 0.3) is 10.0 Å². The molecule has 2 heterocycles. The Morgan fingerprint density at radius 2 is 2.14 bits per heavy atom. The summed E-state index contributed by atoms with van der Waals surface area (Å²) in [5, 5.41) is 2.83. The maximum absolute atomic E-state index is 12.8. The Balaban J connectivity index is 1.88. The second kappa shape index (κ2) is 4.99. The number of carbonyl (C=O) groups is 1. The first-order chi connectivity index (χ1) is 9.91. The average molecular weight is 313 g/mol. The van der Waals surface area contributed by atoms with Gasteiger partial charge in [0, 0.05) is 19.6 Å². The molecule has 1 amide bonds. The molecule has 9 heteroatoms. The van der Waals surface area contributed by atoms with Crippen molar-refractivity contribution in [3.05, 3.63) is 6.33 Å². The zero-order valence-electron chi connectivity index (χ0n) is 11.8. The molecule has 1 unspecified atom stereocenters. The summed E-state index contributed by atoms with van der Waals surface area (Å²) >= 11 is 0. The van der Waals surface area contributed by atoms with Crippen molar-refractivity contribution in [2.24, 2.45) is 7.05 Å². The molecule has 21 heavy (non-hydrogen) atoms. The third-order valence-electron chi connectivity index (χ3n) is 3.89. The van der Waals surface area contributed by atoms with Crippen molar-refractivity contribution < 1.29 is 13.2 Å². The summed E-state index contributed by atoms with van der Waals surface area (Å²) in [5.41, 5.74) is 5.67. The summed E-state index contributed by atoms with van der Waals surface area (Å²) in [5.74, 6) is -0.245. The second-order valence-electron chi connectivity index (χ2n) is 5.60.